The molecule has 0 N–H and O–H groups in total. The zero-order valence-electron chi connectivity index (χ0n) is 23.1. The maximum absolute atomic E-state index is 15.3. The highest BCUT2D eigenvalue weighted by molar-refractivity contribution is 8.26. The lowest BCUT2D eigenvalue weighted by atomic mass is 9.67. The molecule has 8 aliphatic rings. The lowest BCUT2D eigenvalue weighted by molar-refractivity contribution is 0.353. The van der Waals surface area contributed by atoms with Crippen molar-refractivity contribution in [1.82, 2.24) is 0 Å². The van der Waals surface area contributed by atoms with Crippen LogP contribution in [0.25, 0.3) is 0 Å². The van der Waals surface area contributed by atoms with Crippen molar-refractivity contribution in [3.05, 3.63) is 102 Å². The van der Waals surface area contributed by atoms with Crippen molar-refractivity contribution in [2.45, 2.75) is 82.5 Å². The van der Waals surface area contributed by atoms with Crippen LogP contribution in [0.2, 0.25) is 0 Å². The molecule has 1 saturated carbocycles. The molecule has 0 aromatic carbocycles. The molecule has 0 aromatic heterocycles. The van der Waals surface area contributed by atoms with Crippen LogP contribution in [-0.2, 0) is 0 Å². The van der Waals surface area contributed by atoms with Gasteiger partial charge in [-0.1, -0.05) is 61.6 Å². The van der Waals surface area contributed by atoms with E-state index in [4.69, 9.17) is 0 Å². The smallest absolute Gasteiger partial charge is 0.108 e. The van der Waals surface area contributed by atoms with E-state index in [1.165, 1.54) is 35.7 Å². The average molecular weight is 641 g/mol. The molecule has 0 aromatic rings. The van der Waals surface area contributed by atoms with Crippen LogP contribution >= 0.6 is 70.6 Å². The van der Waals surface area contributed by atoms with Crippen molar-refractivity contribution in [3.63, 3.8) is 0 Å². The Hall–Kier alpha value is -0.310. The Morgan fingerprint density at radius 3 is 1.95 bits per heavy atom. The van der Waals surface area contributed by atoms with Crippen molar-refractivity contribution in [2.75, 3.05) is 0 Å². The summed E-state index contributed by atoms with van der Waals surface area (Å²) < 4.78 is 18.0. The van der Waals surface area contributed by atoms with Crippen LogP contribution in [-0.4, -0.2) is 41.9 Å². The molecule has 0 amide bonds. The maximum atomic E-state index is 15.3. The molecule has 0 spiro atoms. The standard InChI is InChI=1S/C33H33FS6/c1-17-26(15-28-35-22-9-5-6-10-23(22)36-28)39-32(3)30(17)20-13-19(34)14-21(20)31-18(2)27(40-33(31,32)4)16-29-37-24-11-7-8-12-25(24)38-29/h5-12,15-17,19,22-26H,13-14H2,1-4H3. The summed E-state index contributed by atoms with van der Waals surface area (Å²) in [5.41, 5.74) is 7.11. The molecule has 4 fully saturated rings. The van der Waals surface area contributed by atoms with Gasteiger partial charge >= 0.3 is 0 Å². The fourth-order valence-corrected chi connectivity index (χ4v) is 17.7. The highest BCUT2D eigenvalue weighted by Gasteiger charge is 2.64. The van der Waals surface area contributed by atoms with Crippen LogP contribution in [0.3, 0.4) is 0 Å². The van der Waals surface area contributed by atoms with Gasteiger partial charge in [0.2, 0.25) is 0 Å². The SMILES string of the molecule is CC1=C(C=C2SC3C=CC=CC3S2)SC2(C)C1=C1CC(F)CC1=C1C(C)C(C=C3SC4C=CC=CC4S3)SC12C. The third-order valence-corrected chi connectivity index (χ3v) is 19.3. The number of alkyl halides is 1. The summed E-state index contributed by atoms with van der Waals surface area (Å²) in [6.07, 6.45) is 23.6. The van der Waals surface area contributed by atoms with Gasteiger partial charge in [-0.25, -0.2) is 4.39 Å². The zero-order chi connectivity index (χ0) is 27.4. The number of fused-ring (bicyclic) bond motifs is 6. The van der Waals surface area contributed by atoms with E-state index in [0.717, 1.165) is 0 Å². The molecule has 208 valence electrons. The minimum Gasteiger partial charge on any atom is -0.247 e. The number of halogens is 1. The third kappa shape index (κ3) is 4.00. The molecule has 8 rings (SSSR count). The summed E-state index contributed by atoms with van der Waals surface area (Å²) >= 11 is 12.3. The quantitative estimate of drug-likeness (QED) is 0.292. The third-order valence-electron chi connectivity index (χ3n) is 9.75. The first-order valence-electron chi connectivity index (χ1n) is 14.2. The van der Waals surface area contributed by atoms with Gasteiger partial charge in [-0.3, -0.25) is 0 Å². The van der Waals surface area contributed by atoms with Crippen molar-refractivity contribution in [2.24, 2.45) is 5.92 Å². The Morgan fingerprint density at radius 1 is 0.800 bits per heavy atom. The molecule has 0 bridgehead atoms. The van der Waals surface area contributed by atoms with Crippen LogP contribution in [0.5, 0.6) is 0 Å². The second kappa shape index (κ2) is 9.85. The van der Waals surface area contributed by atoms with E-state index in [0.29, 0.717) is 45.0 Å². The predicted molar refractivity (Wildman–Crippen MR) is 184 cm³/mol. The first-order valence-corrected chi connectivity index (χ1v) is 19.5. The van der Waals surface area contributed by atoms with E-state index in [9.17, 15) is 0 Å². The molecule has 4 heterocycles. The van der Waals surface area contributed by atoms with E-state index in [1.807, 2.05) is 47.0 Å². The minimum absolute atomic E-state index is 0.0610. The molecular weight excluding hydrogens is 608 g/mol. The molecule has 9 unspecified atom stereocenters. The van der Waals surface area contributed by atoms with Gasteiger partial charge in [0.1, 0.15) is 6.17 Å². The van der Waals surface area contributed by atoms with Gasteiger partial charge in [-0.05, 0) is 60.6 Å². The minimum atomic E-state index is -0.753. The largest absolute Gasteiger partial charge is 0.247 e. The van der Waals surface area contributed by atoms with E-state index >= 15 is 4.39 Å². The summed E-state index contributed by atoms with van der Waals surface area (Å²) in [5.74, 6) is 0.414. The normalized spacial score (nSPS) is 44.5. The second-order valence-electron chi connectivity index (χ2n) is 12.1. The highest BCUT2D eigenvalue weighted by atomic mass is 32.2. The zero-order valence-corrected chi connectivity index (χ0v) is 28.0. The number of hydrogen-bond acceptors (Lipinski definition) is 6. The topological polar surface area (TPSA) is 0 Å². The molecule has 3 saturated heterocycles. The lowest BCUT2D eigenvalue weighted by Crippen LogP contribution is -2.48. The van der Waals surface area contributed by atoms with E-state index < -0.39 is 6.17 Å². The number of allylic oxidation sites excluding steroid dienone is 8. The molecular formula is C33H33FS6. The van der Waals surface area contributed by atoms with Crippen molar-refractivity contribution >= 4 is 70.6 Å². The summed E-state index contributed by atoms with van der Waals surface area (Å²) in [4.78, 5) is 1.40. The molecule has 0 nitrogen and oxygen atoms in total. The molecule has 7 heteroatoms. The number of hydrogen-bond donors (Lipinski definition) is 0. The summed E-state index contributed by atoms with van der Waals surface area (Å²) in [6.45, 7) is 9.72. The van der Waals surface area contributed by atoms with Gasteiger partial charge < -0.3 is 0 Å². The van der Waals surface area contributed by atoms with Gasteiger partial charge in [-0.15, -0.1) is 70.6 Å². The fourth-order valence-electron chi connectivity index (χ4n) is 7.79. The summed E-state index contributed by atoms with van der Waals surface area (Å²) in [6, 6.07) is 0. The molecule has 40 heavy (non-hydrogen) atoms. The fraction of sp³-hybridized carbons (Fsp3) is 0.455. The van der Waals surface area contributed by atoms with E-state index in [1.54, 1.807) is 5.57 Å². The van der Waals surface area contributed by atoms with Gasteiger partial charge in [0.25, 0.3) is 0 Å². The Morgan fingerprint density at radius 2 is 1.35 bits per heavy atom. The number of rotatable bonds is 2. The van der Waals surface area contributed by atoms with Gasteiger partial charge in [0.15, 0.2) is 0 Å². The lowest BCUT2D eigenvalue weighted by Gasteiger charge is -2.48. The average Bonchev–Trinajstić information content (AvgIpc) is 3.70. The van der Waals surface area contributed by atoms with Crippen LogP contribution in [0, 0.1) is 5.92 Å². The van der Waals surface area contributed by atoms with Crippen LogP contribution in [0.1, 0.15) is 40.5 Å². The first-order chi connectivity index (χ1) is 19.2. The Kier molecular flexibility index (Phi) is 6.71. The summed E-state index contributed by atoms with van der Waals surface area (Å²) in [7, 11) is 0. The van der Waals surface area contributed by atoms with E-state index in [-0.39, 0.29) is 9.49 Å². The Labute approximate surface area is 263 Å². The molecule has 0 radical (unpaired) electrons. The highest BCUT2D eigenvalue weighted by Crippen LogP contribution is 2.72. The van der Waals surface area contributed by atoms with Crippen molar-refractivity contribution in [3.8, 4) is 0 Å². The Bertz CT molecular complexity index is 1420. The monoisotopic (exact) mass is 640 g/mol. The molecule has 9 atom stereocenters. The predicted octanol–water partition coefficient (Wildman–Crippen LogP) is 10.4. The molecule has 4 aliphatic heterocycles. The first kappa shape index (κ1) is 27.3. The van der Waals surface area contributed by atoms with Crippen LogP contribution in [0.4, 0.5) is 4.39 Å². The Balaban J connectivity index is 1.17. The molecule has 4 aliphatic carbocycles. The van der Waals surface area contributed by atoms with Gasteiger partial charge in [0.05, 0.1) is 9.49 Å². The maximum Gasteiger partial charge on any atom is 0.108 e. The van der Waals surface area contributed by atoms with Crippen LogP contribution in [0.15, 0.2) is 102 Å². The van der Waals surface area contributed by atoms with E-state index in [2.05, 4.69) is 112 Å². The summed E-state index contributed by atoms with van der Waals surface area (Å²) in [5, 5.41) is 2.59. The van der Waals surface area contributed by atoms with Crippen LogP contribution < -0.4 is 0 Å². The number of thioether (sulfide) groups is 6. The van der Waals surface area contributed by atoms with Gasteiger partial charge in [0, 0.05) is 52.5 Å². The van der Waals surface area contributed by atoms with Crippen molar-refractivity contribution in [1.29, 1.82) is 0 Å². The second-order valence-corrected chi connectivity index (χ2v) is 20.6. The van der Waals surface area contributed by atoms with Crippen molar-refractivity contribution < 1.29 is 4.39 Å². The van der Waals surface area contributed by atoms with Gasteiger partial charge in [-0.2, -0.15) is 0 Å².